The van der Waals surface area contributed by atoms with Gasteiger partial charge >= 0.3 is 5.97 Å². The minimum atomic E-state index is -0.424. The second-order valence-electron chi connectivity index (χ2n) is 5.51. The lowest BCUT2D eigenvalue weighted by atomic mass is 10.2. The molecule has 0 heterocycles. The lowest BCUT2D eigenvalue weighted by molar-refractivity contribution is -0.144. The molecular weight excluding hydrogens is 342 g/mol. The summed E-state index contributed by atoms with van der Waals surface area (Å²) in [6.45, 7) is 5.76. The van der Waals surface area contributed by atoms with Gasteiger partial charge in [-0.2, -0.15) is 0 Å². The molecule has 0 aliphatic heterocycles. The Kier molecular flexibility index (Phi) is 8.55. The molecule has 0 saturated carbocycles. The van der Waals surface area contributed by atoms with Crippen molar-refractivity contribution in [2.75, 3.05) is 11.9 Å². The number of nitrogens with one attached hydrogen (secondary N) is 3. The van der Waals surface area contributed by atoms with Gasteiger partial charge < -0.3 is 20.7 Å². The Morgan fingerprint density at radius 2 is 1.76 bits per heavy atom. The highest BCUT2D eigenvalue weighted by molar-refractivity contribution is 7.80. The van der Waals surface area contributed by atoms with E-state index in [9.17, 15) is 14.4 Å². The average molecular weight is 365 g/mol. The molecule has 0 saturated heterocycles. The molecule has 0 bridgehead atoms. The topological polar surface area (TPSA) is 96.5 Å². The maximum absolute atomic E-state index is 11.9. The van der Waals surface area contributed by atoms with Crippen LogP contribution in [0.25, 0.3) is 0 Å². The monoisotopic (exact) mass is 365 g/mol. The van der Waals surface area contributed by atoms with Gasteiger partial charge in [0.15, 0.2) is 5.11 Å². The molecule has 1 aromatic rings. The van der Waals surface area contributed by atoms with Crippen molar-refractivity contribution in [1.82, 2.24) is 10.6 Å². The molecule has 0 aliphatic carbocycles. The number of hydrogen-bond acceptors (Lipinski definition) is 5. The summed E-state index contributed by atoms with van der Waals surface area (Å²) in [6.07, 6.45) is -0.00306. The van der Waals surface area contributed by atoms with Gasteiger partial charge in [-0.3, -0.25) is 14.4 Å². The van der Waals surface area contributed by atoms with Gasteiger partial charge in [-0.05, 0) is 57.3 Å². The number of rotatable bonds is 7. The van der Waals surface area contributed by atoms with Gasteiger partial charge in [0.05, 0.1) is 13.0 Å². The first kappa shape index (κ1) is 20.6. The van der Waals surface area contributed by atoms with Crippen molar-refractivity contribution in [2.45, 2.75) is 39.7 Å². The molecular formula is C17H23N3O4S. The smallest absolute Gasteiger partial charge is 0.306 e. The van der Waals surface area contributed by atoms with Crippen molar-refractivity contribution >= 4 is 40.8 Å². The van der Waals surface area contributed by atoms with Crippen molar-refractivity contribution < 1.29 is 19.1 Å². The zero-order valence-electron chi connectivity index (χ0n) is 14.5. The van der Waals surface area contributed by atoms with Gasteiger partial charge in [-0.1, -0.05) is 0 Å². The Labute approximate surface area is 152 Å². The molecule has 0 spiro atoms. The summed E-state index contributed by atoms with van der Waals surface area (Å²) in [5, 5.41) is 8.24. The van der Waals surface area contributed by atoms with Gasteiger partial charge in [-0.25, -0.2) is 0 Å². The molecule has 0 radical (unpaired) electrons. The predicted octanol–water partition coefficient (Wildman–Crippen LogP) is 1.98. The van der Waals surface area contributed by atoms with Crippen LogP contribution in [0.2, 0.25) is 0 Å². The SMILES string of the molecule is CCOC(=O)CCC(=O)NC(=S)Nc1ccc(C(=O)NC(C)C)cc1. The summed E-state index contributed by atoms with van der Waals surface area (Å²) >= 11 is 5.05. The molecule has 8 heteroatoms. The van der Waals surface area contributed by atoms with Crippen LogP contribution in [0.4, 0.5) is 5.69 Å². The highest BCUT2D eigenvalue weighted by atomic mass is 32.1. The summed E-state index contributed by atoms with van der Waals surface area (Å²) in [7, 11) is 0. The third-order valence-electron chi connectivity index (χ3n) is 2.94. The molecule has 25 heavy (non-hydrogen) atoms. The first-order valence-corrected chi connectivity index (χ1v) is 8.40. The Balaban J connectivity index is 2.45. The summed E-state index contributed by atoms with van der Waals surface area (Å²) in [4.78, 5) is 34.7. The third-order valence-corrected chi connectivity index (χ3v) is 3.14. The normalized spacial score (nSPS) is 10.1. The van der Waals surface area contributed by atoms with Crippen LogP contribution in [0, 0.1) is 0 Å². The van der Waals surface area contributed by atoms with Crippen LogP contribution in [0.1, 0.15) is 44.0 Å². The maximum atomic E-state index is 11.9. The van der Waals surface area contributed by atoms with Gasteiger partial charge in [0.25, 0.3) is 5.91 Å². The van der Waals surface area contributed by atoms with E-state index in [2.05, 4.69) is 16.0 Å². The number of ether oxygens (including phenoxy) is 1. The van der Waals surface area contributed by atoms with Crippen molar-refractivity contribution in [3.8, 4) is 0 Å². The molecule has 0 fully saturated rings. The first-order valence-electron chi connectivity index (χ1n) is 7.99. The number of carbonyl (C=O) groups excluding carboxylic acids is 3. The van der Waals surface area contributed by atoms with Gasteiger partial charge in [-0.15, -0.1) is 0 Å². The molecule has 2 amide bonds. The highest BCUT2D eigenvalue weighted by Gasteiger charge is 2.10. The Morgan fingerprint density at radius 1 is 1.12 bits per heavy atom. The van der Waals surface area contributed by atoms with Crippen molar-refractivity contribution in [3.63, 3.8) is 0 Å². The number of thiocarbonyl (C=S) groups is 1. The van der Waals surface area contributed by atoms with E-state index < -0.39 is 5.97 Å². The molecule has 1 rings (SSSR count). The summed E-state index contributed by atoms with van der Waals surface area (Å²) in [5.41, 5.74) is 1.17. The lowest BCUT2D eigenvalue weighted by Crippen LogP contribution is -2.34. The Morgan fingerprint density at radius 3 is 2.32 bits per heavy atom. The maximum Gasteiger partial charge on any atom is 0.306 e. The predicted molar refractivity (Wildman–Crippen MR) is 99.3 cm³/mol. The number of carbonyl (C=O) groups is 3. The van der Waals surface area contributed by atoms with E-state index in [0.717, 1.165) is 0 Å². The Hall–Kier alpha value is -2.48. The second kappa shape index (κ2) is 10.4. The van der Waals surface area contributed by atoms with Crippen LogP contribution < -0.4 is 16.0 Å². The van der Waals surface area contributed by atoms with E-state index in [-0.39, 0.29) is 42.4 Å². The molecule has 136 valence electrons. The van der Waals surface area contributed by atoms with E-state index in [4.69, 9.17) is 17.0 Å². The second-order valence-corrected chi connectivity index (χ2v) is 5.92. The largest absolute Gasteiger partial charge is 0.466 e. The number of hydrogen-bond donors (Lipinski definition) is 3. The average Bonchev–Trinajstić information content (AvgIpc) is 2.53. The number of benzene rings is 1. The number of anilines is 1. The molecule has 0 aromatic heterocycles. The number of esters is 1. The quantitative estimate of drug-likeness (QED) is 0.505. The van der Waals surface area contributed by atoms with Gasteiger partial charge in [0, 0.05) is 23.7 Å². The van der Waals surface area contributed by atoms with Gasteiger partial charge in [0.2, 0.25) is 5.91 Å². The molecule has 7 nitrogen and oxygen atoms in total. The van der Waals surface area contributed by atoms with Crippen molar-refractivity contribution in [2.24, 2.45) is 0 Å². The van der Waals surface area contributed by atoms with Crippen LogP contribution >= 0.6 is 12.2 Å². The number of amides is 2. The van der Waals surface area contributed by atoms with E-state index in [0.29, 0.717) is 11.3 Å². The third kappa shape index (κ3) is 8.25. The summed E-state index contributed by atoms with van der Waals surface area (Å²) < 4.78 is 4.75. The van der Waals surface area contributed by atoms with Crippen LogP contribution in [-0.4, -0.2) is 35.5 Å². The van der Waals surface area contributed by atoms with E-state index >= 15 is 0 Å². The van der Waals surface area contributed by atoms with Crippen LogP contribution in [-0.2, 0) is 14.3 Å². The Bertz CT molecular complexity index is 629. The van der Waals surface area contributed by atoms with Gasteiger partial charge in [0.1, 0.15) is 0 Å². The standard InChI is InChI=1S/C17H23N3O4S/c1-4-24-15(22)10-9-14(21)20-17(25)19-13-7-5-12(6-8-13)16(23)18-11(2)3/h5-8,11H,4,9-10H2,1-3H3,(H,18,23)(H2,19,20,21,25). The van der Waals surface area contributed by atoms with Crippen LogP contribution in [0.3, 0.4) is 0 Å². The fourth-order valence-electron chi connectivity index (χ4n) is 1.85. The fraction of sp³-hybridized carbons (Fsp3) is 0.412. The minimum Gasteiger partial charge on any atom is -0.466 e. The van der Waals surface area contributed by atoms with Crippen LogP contribution in [0.5, 0.6) is 0 Å². The summed E-state index contributed by atoms with van der Waals surface area (Å²) in [5.74, 6) is -0.957. The first-order chi connectivity index (χ1) is 11.8. The molecule has 0 unspecified atom stereocenters. The van der Waals surface area contributed by atoms with E-state index in [1.807, 2.05) is 13.8 Å². The molecule has 3 N–H and O–H groups in total. The summed E-state index contributed by atoms with van der Waals surface area (Å²) in [6, 6.07) is 6.75. The zero-order chi connectivity index (χ0) is 18.8. The van der Waals surface area contributed by atoms with Crippen molar-refractivity contribution in [3.05, 3.63) is 29.8 Å². The van der Waals surface area contributed by atoms with Crippen molar-refractivity contribution in [1.29, 1.82) is 0 Å². The minimum absolute atomic E-state index is 0.00193. The molecule has 0 aliphatic rings. The fourth-order valence-corrected chi connectivity index (χ4v) is 2.08. The molecule has 0 atom stereocenters. The van der Waals surface area contributed by atoms with E-state index in [1.165, 1.54) is 0 Å². The van der Waals surface area contributed by atoms with E-state index in [1.54, 1.807) is 31.2 Å². The highest BCUT2D eigenvalue weighted by Crippen LogP contribution is 2.09. The molecule has 1 aromatic carbocycles. The van der Waals surface area contributed by atoms with Crippen LogP contribution in [0.15, 0.2) is 24.3 Å². The zero-order valence-corrected chi connectivity index (χ0v) is 15.4. The lowest BCUT2D eigenvalue weighted by Gasteiger charge is -2.11.